The standard InChI is InChI=1S/C27H26N6O4/c1-16-4-8-19(9-5-16)28-27(34)17-6-10-20(11-7-17)33-26(29-30-31-33)23-22-18(12-13-32(23)2)14-21-24(25(22)35-3)37-15-36-21/h4-11,14,23H,12-13,15H2,1-3H3,(H,28,34)/t23-/m0/s1. The molecule has 1 N–H and O–H groups in total. The summed E-state index contributed by atoms with van der Waals surface area (Å²) in [5.41, 5.74) is 5.23. The SMILES string of the molecule is COc1c2c(cc3c1[C@@H](c1nnnn1-c1ccc(C(=O)Nc4ccc(C)cc4)cc1)N(C)CC3)OCO2. The number of aryl methyl sites for hydroxylation is 1. The van der Waals surface area contributed by atoms with Gasteiger partial charge in [-0.1, -0.05) is 17.7 Å². The highest BCUT2D eigenvalue weighted by Gasteiger charge is 2.37. The number of hydrogen-bond donors (Lipinski definition) is 1. The molecule has 0 saturated carbocycles. The molecule has 0 bridgehead atoms. The van der Waals surface area contributed by atoms with Gasteiger partial charge in [-0.25, -0.2) is 0 Å². The number of ether oxygens (including phenoxy) is 3. The normalized spacial score (nSPS) is 16.4. The Morgan fingerprint density at radius 3 is 2.65 bits per heavy atom. The van der Waals surface area contributed by atoms with Gasteiger partial charge in [0.05, 0.1) is 12.8 Å². The van der Waals surface area contributed by atoms with Crippen molar-refractivity contribution in [2.24, 2.45) is 0 Å². The Morgan fingerprint density at radius 2 is 1.89 bits per heavy atom. The van der Waals surface area contributed by atoms with Gasteiger partial charge in [-0.2, -0.15) is 4.68 Å². The van der Waals surface area contributed by atoms with E-state index in [4.69, 9.17) is 14.2 Å². The van der Waals surface area contributed by atoms with E-state index in [0.29, 0.717) is 28.6 Å². The molecule has 6 rings (SSSR count). The van der Waals surface area contributed by atoms with Crippen molar-refractivity contribution in [1.82, 2.24) is 25.1 Å². The molecule has 10 heteroatoms. The van der Waals surface area contributed by atoms with Crippen LogP contribution >= 0.6 is 0 Å². The van der Waals surface area contributed by atoms with E-state index in [-0.39, 0.29) is 18.7 Å². The third kappa shape index (κ3) is 4.05. The molecule has 188 valence electrons. The third-order valence-electron chi connectivity index (χ3n) is 6.82. The molecule has 1 atom stereocenters. The van der Waals surface area contributed by atoms with Crippen LogP contribution in [0.4, 0.5) is 5.69 Å². The fraction of sp³-hybridized carbons (Fsp3) is 0.259. The molecule has 0 saturated heterocycles. The Balaban J connectivity index is 1.33. The van der Waals surface area contributed by atoms with Crippen LogP contribution in [-0.2, 0) is 6.42 Å². The molecule has 2 aliphatic rings. The van der Waals surface area contributed by atoms with Gasteiger partial charge in [-0.3, -0.25) is 9.69 Å². The molecule has 0 aliphatic carbocycles. The summed E-state index contributed by atoms with van der Waals surface area (Å²) >= 11 is 0. The molecule has 0 spiro atoms. The first-order valence-corrected chi connectivity index (χ1v) is 12.0. The molecule has 2 aliphatic heterocycles. The second kappa shape index (κ2) is 9.21. The minimum atomic E-state index is -0.271. The summed E-state index contributed by atoms with van der Waals surface area (Å²) in [4.78, 5) is 14.9. The van der Waals surface area contributed by atoms with E-state index in [1.54, 1.807) is 23.9 Å². The number of hydrogen-bond acceptors (Lipinski definition) is 8. The maximum atomic E-state index is 12.8. The molecule has 0 radical (unpaired) electrons. The first kappa shape index (κ1) is 23.0. The Labute approximate surface area is 213 Å². The monoisotopic (exact) mass is 498 g/mol. The average Bonchev–Trinajstić information content (AvgIpc) is 3.59. The minimum Gasteiger partial charge on any atom is -0.492 e. The quantitative estimate of drug-likeness (QED) is 0.446. The van der Waals surface area contributed by atoms with Crippen LogP contribution in [0.2, 0.25) is 0 Å². The molecule has 1 aromatic heterocycles. The smallest absolute Gasteiger partial charge is 0.255 e. The number of nitrogens with one attached hydrogen (secondary N) is 1. The van der Waals surface area contributed by atoms with Gasteiger partial charge in [0.25, 0.3) is 5.91 Å². The summed E-state index contributed by atoms with van der Waals surface area (Å²) in [6, 6.07) is 16.6. The molecule has 3 heterocycles. The van der Waals surface area contributed by atoms with Crippen LogP contribution in [0.15, 0.2) is 54.6 Å². The summed E-state index contributed by atoms with van der Waals surface area (Å²) in [5, 5.41) is 15.6. The number of anilines is 1. The van der Waals surface area contributed by atoms with E-state index in [1.165, 1.54) is 0 Å². The molecule has 4 aromatic rings. The maximum Gasteiger partial charge on any atom is 0.255 e. The summed E-state index contributed by atoms with van der Waals surface area (Å²) in [6.07, 6.45) is 0.835. The van der Waals surface area contributed by atoms with Crippen molar-refractivity contribution < 1.29 is 19.0 Å². The Hall–Kier alpha value is -4.44. The number of aromatic nitrogens is 4. The van der Waals surface area contributed by atoms with Crippen LogP contribution in [-0.4, -0.2) is 58.5 Å². The van der Waals surface area contributed by atoms with Crippen LogP contribution in [0.5, 0.6) is 17.2 Å². The van der Waals surface area contributed by atoms with Crippen molar-refractivity contribution in [3.63, 3.8) is 0 Å². The Kier molecular flexibility index (Phi) is 5.72. The zero-order chi connectivity index (χ0) is 25.5. The number of likely N-dealkylation sites (N-methyl/N-ethyl adjacent to an activating group) is 1. The Morgan fingerprint density at radius 1 is 1.11 bits per heavy atom. The van der Waals surface area contributed by atoms with Crippen molar-refractivity contribution in [3.05, 3.63) is 82.7 Å². The van der Waals surface area contributed by atoms with Crippen LogP contribution in [0.3, 0.4) is 0 Å². The second-order valence-electron chi connectivity index (χ2n) is 9.17. The highest BCUT2D eigenvalue weighted by Crippen LogP contribution is 2.50. The van der Waals surface area contributed by atoms with Gasteiger partial charge < -0.3 is 19.5 Å². The van der Waals surface area contributed by atoms with Gasteiger partial charge in [0.15, 0.2) is 17.3 Å². The predicted octanol–water partition coefficient (Wildman–Crippen LogP) is 3.54. The molecular formula is C27H26N6O4. The van der Waals surface area contributed by atoms with Crippen molar-refractivity contribution in [2.75, 3.05) is 32.8 Å². The number of carbonyl (C=O) groups excluding carboxylic acids is 1. The highest BCUT2D eigenvalue weighted by molar-refractivity contribution is 6.04. The van der Waals surface area contributed by atoms with Crippen molar-refractivity contribution in [1.29, 1.82) is 0 Å². The summed E-state index contributed by atoms with van der Waals surface area (Å²) in [7, 11) is 3.67. The number of tetrazole rings is 1. The molecular weight excluding hydrogens is 472 g/mol. The van der Waals surface area contributed by atoms with Crippen LogP contribution in [0, 0.1) is 6.92 Å². The van der Waals surface area contributed by atoms with Crippen molar-refractivity contribution >= 4 is 11.6 Å². The summed E-state index contributed by atoms with van der Waals surface area (Å²) < 4.78 is 18.9. The molecule has 1 amide bonds. The average molecular weight is 499 g/mol. The van der Waals surface area contributed by atoms with Gasteiger partial charge in [0, 0.05) is 23.4 Å². The van der Waals surface area contributed by atoms with Gasteiger partial charge in [-0.15, -0.1) is 5.10 Å². The summed E-state index contributed by atoms with van der Waals surface area (Å²) in [6.45, 7) is 2.98. The fourth-order valence-electron chi connectivity index (χ4n) is 4.90. The van der Waals surface area contributed by atoms with E-state index in [9.17, 15) is 4.79 Å². The molecule has 0 fully saturated rings. The van der Waals surface area contributed by atoms with E-state index in [2.05, 4.69) is 25.7 Å². The van der Waals surface area contributed by atoms with Crippen LogP contribution in [0.1, 0.15) is 38.9 Å². The van der Waals surface area contributed by atoms with E-state index in [0.717, 1.165) is 41.0 Å². The number of methoxy groups -OCH3 is 1. The lowest BCUT2D eigenvalue weighted by molar-refractivity contribution is 0.102. The zero-order valence-electron chi connectivity index (χ0n) is 20.8. The maximum absolute atomic E-state index is 12.8. The highest BCUT2D eigenvalue weighted by atomic mass is 16.7. The molecule has 0 unspecified atom stereocenters. The number of fused-ring (bicyclic) bond motifs is 2. The first-order valence-electron chi connectivity index (χ1n) is 12.0. The summed E-state index contributed by atoms with van der Waals surface area (Å²) in [5.74, 6) is 2.38. The minimum absolute atomic E-state index is 0.163. The van der Waals surface area contributed by atoms with Crippen LogP contribution < -0.4 is 19.5 Å². The molecule has 3 aromatic carbocycles. The van der Waals surface area contributed by atoms with Crippen LogP contribution in [0.25, 0.3) is 5.69 Å². The number of amides is 1. The number of carbonyl (C=O) groups is 1. The lowest BCUT2D eigenvalue weighted by atomic mass is 9.90. The lowest BCUT2D eigenvalue weighted by Gasteiger charge is -2.34. The second-order valence-corrected chi connectivity index (χ2v) is 9.17. The Bertz CT molecular complexity index is 1470. The molecule has 10 nitrogen and oxygen atoms in total. The van der Waals surface area contributed by atoms with E-state index < -0.39 is 0 Å². The van der Waals surface area contributed by atoms with Gasteiger partial charge >= 0.3 is 0 Å². The first-order chi connectivity index (χ1) is 18.0. The lowest BCUT2D eigenvalue weighted by Crippen LogP contribution is -2.35. The zero-order valence-corrected chi connectivity index (χ0v) is 20.8. The third-order valence-corrected chi connectivity index (χ3v) is 6.82. The number of nitrogens with zero attached hydrogens (tertiary/aromatic N) is 5. The van der Waals surface area contributed by atoms with Crippen molar-refractivity contribution in [2.45, 2.75) is 19.4 Å². The fourth-order valence-corrected chi connectivity index (χ4v) is 4.90. The van der Waals surface area contributed by atoms with Gasteiger partial charge in [0.2, 0.25) is 12.5 Å². The predicted molar refractivity (Wildman–Crippen MR) is 136 cm³/mol. The molecule has 37 heavy (non-hydrogen) atoms. The largest absolute Gasteiger partial charge is 0.492 e. The van der Waals surface area contributed by atoms with E-state index in [1.807, 2.05) is 56.4 Å². The van der Waals surface area contributed by atoms with E-state index >= 15 is 0 Å². The van der Waals surface area contributed by atoms with Gasteiger partial charge in [-0.05, 0) is 78.8 Å². The topological polar surface area (TPSA) is 104 Å². The number of benzene rings is 3. The van der Waals surface area contributed by atoms with Gasteiger partial charge in [0.1, 0.15) is 6.04 Å². The number of rotatable bonds is 5. The van der Waals surface area contributed by atoms with Crippen molar-refractivity contribution in [3.8, 4) is 22.9 Å².